The van der Waals surface area contributed by atoms with Gasteiger partial charge in [0.25, 0.3) is 0 Å². The summed E-state index contributed by atoms with van der Waals surface area (Å²) in [7, 11) is 0. The Hall–Kier alpha value is -1.84. The number of nitrogens with zero attached hydrogens (tertiary/aromatic N) is 1. The van der Waals surface area contributed by atoms with Gasteiger partial charge >= 0.3 is 0 Å². The van der Waals surface area contributed by atoms with Gasteiger partial charge in [-0.25, -0.2) is 0 Å². The summed E-state index contributed by atoms with van der Waals surface area (Å²) in [5.41, 5.74) is 1.07. The summed E-state index contributed by atoms with van der Waals surface area (Å²) in [6, 6.07) is 9.66. The molecular weight excluding hydrogens is 360 g/mol. The van der Waals surface area contributed by atoms with E-state index in [1.807, 2.05) is 62.9 Å². The molecule has 0 bridgehead atoms. The van der Waals surface area contributed by atoms with Gasteiger partial charge in [0, 0.05) is 24.4 Å². The molecule has 0 saturated heterocycles. The van der Waals surface area contributed by atoms with Gasteiger partial charge in [-0.2, -0.15) is 0 Å². The lowest BCUT2D eigenvalue weighted by Gasteiger charge is -2.35. The monoisotopic (exact) mass is 400 g/mol. The third-order valence-electron chi connectivity index (χ3n) is 6.35. The molecule has 162 valence electrons. The zero-order valence-corrected chi connectivity index (χ0v) is 19.2. The van der Waals surface area contributed by atoms with Crippen LogP contribution in [0.5, 0.6) is 0 Å². The van der Waals surface area contributed by atoms with Crippen molar-refractivity contribution in [3.8, 4) is 0 Å². The van der Waals surface area contributed by atoms with E-state index < -0.39 is 6.04 Å². The predicted molar refractivity (Wildman–Crippen MR) is 119 cm³/mol. The molecule has 4 nitrogen and oxygen atoms in total. The number of nitrogens with one attached hydrogen (secondary N) is 1. The van der Waals surface area contributed by atoms with E-state index in [1.165, 1.54) is 0 Å². The minimum Gasteiger partial charge on any atom is -0.344 e. The van der Waals surface area contributed by atoms with Crippen molar-refractivity contribution in [3.05, 3.63) is 35.9 Å². The van der Waals surface area contributed by atoms with E-state index in [0.29, 0.717) is 12.3 Å². The lowest BCUT2D eigenvalue weighted by molar-refractivity contribution is -0.140. The molecule has 1 aliphatic carbocycles. The molecule has 4 heteroatoms. The molecule has 0 spiro atoms. The van der Waals surface area contributed by atoms with E-state index in [-0.39, 0.29) is 29.8 Å². The first-order chi connectivity index (χ1) is 13.7. The summed E-state index contributed by atoms with van der Waals surface area (Å²) < 4.78 is 0. The fourth-order valence-electron chi connectivity index (χ4n) is 4.67. The number of carbonyl (C=O) groups excluding carboxylic acids is 2. The summed E-state index contributed by atoms with van der Waals surface area (Å²) >= 11 is 0. The first kappa shape index (κ1) is 23.4. The summed E-state index contributed by atoms with van der Waals surface area (Å²) in [6.07, 6.45) is 4.61. The van der Waals surface area contributed by atoms with Crippen molar-refractivity contribution < 1.29 is 9.59 Å². The first-order valence-corrected chi connectivity index (χ1v) is 11.4. The first-order valence-electron chi connectivity index (χ1n) is 11.4. The molecule has 1 atom stereocenters. The van der Waals surface area contributed by atoms with Gasteiger partial charge in [-0.1, -0.05) is 44.2 Å². The van der Waals surface area contributed by atoms with Gasteiger partial charge in [0.2, 0.25) is 11.8 Å². The van der Waals surface area contributed by atoms with Crippen LogP contribution in [0.3, 0.4) is 0 Å². The maximum atomic E-state index is 13.4. The average molecular weight is 401 g/mol. The van der Waals surface area contributed by atoms with Gasteiger partial charge in [0.15, 0.2) is 0 Å². The second kappa shape index (κ2) is 10.8. The topological polar surface area (TPSA) is 49.4 Å². The molecule has 29 heavy (non-hydrogen) atoms. The van der Waals surface area contributed by atoms with Crippen molar-refractivity contribution >= 4 is 11.8 Å². The van der Waals surface area contributed by atoms with Gasteiger partial charge in [-0.15, -0.1) is 0 Å². The van der Waals surface area contributed by atoms with Crippen LogP contribution in [0.15, 0.2) is 30.3 Å². The minimum absolute atomic E-state index is 0.0167. The quantitative estimate of drug-likeness (QED) is 0.680. The number of amides is 2. The second-order valence-corrected chi connectivity index (χ2v) is 9.54. The van der Waals surface area contributed by atoms with Crippen molar-refractivity contribution in [2.45, 2.75) is 91.8 Å². The van der Waals surface area contributed by atoms with E-state index in [2.05, 4.69) is 19.2 Å². The second-order valence-electron chi connectivity index (χ2n) is 9.54. The van der Waals surface area contributed by atoms with Crippen molar-refractivity contribution in [1.82, 2.24) is 10.2 Å². The lowest BCUT2D eigenvalue weighted by Crippen LogP contribution is -2.54. The van der Waals surface area contributed by atoms with Gasteiger partial charge in [0.05, 0.1) is 0 Å². The summed E-state index contributed by atoms with van der Waals surface area (Å²) in [5.74, 6) is 1.50. The van der Waals surface area contributed by atoms with Crippen molar-refractivity contribution in [1.29, 1.82) is 0 Å². The number of carbonyl (C=O) groups is 2. The highest BCUT2D eigenvalue weighted by Crippen LogP contribution is 2.33. The average Bonchev–Trinajstić information content (AvgIpc) is 2.67. The van der Waals surface area contributed by atoms with Crippen LogP contribution >= 0.6 is 0 Å². The normalized spacial score (nSPS) is 20.7. The molecule has 0 unspecified atom stereocenters. The van der Waals surface area contributed by atoms with Crippen LogP contribution in [0.25, 0.3) is 0 Å². The van der Waals surface area contributed by atoms with E-state index in [4.69, 9.17) is 0 Å². The molecule has 1 N–H and O–H groups in total. The Morgan fingerprint density at radius 3 is 1.97 bits per heavy atom. The molecule has 0 aromatic heterocycles. The summed E-state index contributed by atoms with van der Waals surface area (Å²) in [6.45, 7) is 12.7. The molecule has 1 aliphatic rings. The lowest BCUT2D eigenvalue weighted by atomic mass is 9.76. The molecule has 1 aromatic carbocycles. The standard InChI is InChI=1S/C25H40N2O2/c1-17(2)21-12-14-22(15-13-21)24(28)26-23(16-20-10-8-7-9-11-20)25(29)27(18(3)4)19(5)6/h7-11,17-19,21-23H,12-16H2,1-6H3,(H,26,28)/t21?,22?,23-/m0/s1. The molecular formula is C25H40N2O2. The summed E-state index contributed by atoms with van der Waals surface area (Å²) in [4.78, 5) is 28.4. The van der Waals surface area contributed by atoms with Gasteiger partial charge in [-0.05, 0) is 70.8 Å². The van der Waals surface area contributed by atoms with E-state index >= 15 is 0 Å². The largest absolute Gasteiger partial charge is 0.344 e. The highest BCUT2D eigenvalue weighted by molar-refractivity contribution is 5.89. The van der Waals surface area contributed by atoms with Crippen molar-refractivity contribution in [3.63, 3.8) is 0 Å². The number of hydrogen-bond acceptors (Lipinski definition) is 2. The molecule has 0 radical (unpaired) electrons. The fraction of sp³-hybridized carbons (Fsp3) is 0.680. The molecule has 0 aliphatic heterocycles. The van der Waals surface area contributed by atoms with E-state index in [1.54, 1.807) is 0 Å². The van der Waals surface area contributed by atoms with E-state index in [9.17, 15) is 9.59 Å². The Balaban J connectivity index is 2.12. The van der Waals surface area contributed by atoms with E-state index in [0.717, 1.165) is 37.2 Å². The SMILES string of the molecule is CC(C)C1CCC(C(=O)N[C@@H](Cc2ccccc2)C(=O)N(C(C)C)C(C)C)CC1. The van der Waals surface area contributed by atoms with Gasteiger partial charge < -0.3 is 10.2 Å². The molecule has 1 aromatic rings. The maximum absolute atomic E-state index is 13.4. The highest BCUT2D eigenvalue weighted by Gasteiger charge is 2.33. The highest BCUT2D eigenvalue weighted by atomic mass is 16.2. The Kier molecular flexibility index (Phi) is 8.73. The minimum atomic E-state index is -0.516. The Morgan fingerprint density at radius 1 is 0.931 bits per heavy atom. The molecule has 1 fully saturated rings. The van der Waals surface area contributed by atoms with Crippen LogP contribution in [0.4, 0.5) is 0 Å². The van der Waals surface area contributed by atoms with Gasteiger partial charge in [0.1, 0.15) is 6.04 Å². The molecule has 0 heterocycles. The predicted octanol–water partition coefficient (Wildman–Crippen LogP) is 4.82. The Bertz CT molecular complexity index is 638. The molecule has 1 saturated carbocycles. The smallest absolute Gasteiger partial charge is 0.245 e. The third kappa shape index (κ3) is 6.58. The number of hydrogen-bond donors (Lipinski definition) is 1. The van der Waals surface area contributed by atoms with Crippen LogP contribution in [0, 0.1) is 17.8 Å². The van der Waals surface area contributed by atoms with Crippen LogP contribution in [0.2, 0.25) is 0 Å². The zero-order chi connectivity index (χ0) is 21.6. The fourth-order valence-corrected chi connectivity index (χ4v) is 4.67. The number of benzene rings is 1. The summed E-state index contributed by atoms with van der Waals surface area (Å²) in [5, 5.41) is 3.14. The molecule has 2 rings (SSSR count). The van der Waals surface area contributed by atoms with Crippen LogP contribution < -0.4 is 5.32 Å². The van der Waals surface area contributed by atoms with Crippen molar-refractivity contribution in [2.75, 3.05) is 0 Å². The third-order valence-corrected chi connectivity index (χ3v) is 6.35. The zero-order valence-electron chi connectivity index (χ0n) is 19.2. The van der Waals surface area contributed by atoms with Gasteiger partial charge in [-0.3, -0.25) is 9.59 Å². The number of rotatable bonds is 8. The Morgan fingerprint density at radius 2 is 1.48 bits per heavy atom. The van der Waals surface area contributed by atoms with Crippen LogP contribution in [-0.2, 0) is 16.0 Å². The van der Waals surface area contributed by atoms with Crippen LogP contribution in [0.1, 0.15) is 72.8 Å². The molecule has 2 amide bonds. The Labute approximate surface area is 177 Å². The van der Waals surface area contributed by atoms with Crippen LogP contribution in [-0.4, -0.2) is 34.8 Å². The maximum Gasteiger partial charge on any atom is 0.245 e. The van der Waals surface area contributed by atoms with Crippen molar-refractivity contribution in [2.24, 2.45) is 17.8 Å².